The lowest BCUT2D eigenvalue weighted by atomic mass is 10.0. The predicted octanol–water partition coefficient (Wildman–Crippen LogP) is 2.85. The van der Waals surface area contributed by atoms with Crippen LogP contribution >= 0.6 is 15.9 Å². The van der Waals surface area contributed by atoms with E-state index in [9.17, 15) is 4.79 Å². The number of halogens is 1. The highest BCUT2D eigenvalue weighted by Gasteiger charge is 2.27. The molecule has 1 aromatic carbocycles. The van der Waals surface area contributed by atoms with Gasteiger partial charge in [0.1, 0.15) is 0 Å². The summed E-state index contributed by atoms with van der Waals surface area (Å²) in [7, 11) is 0. The number of carbonyl (C=O) groups excluding carboxylic acids is 1. The number of hydrogen-bond donors (Lipinski definition) is 0. The predicted molar refractivity (Wildman–Crippen MR) is 63.9 cm³/mol. The fourth-order valence-corrected chi connectivity index (χ4v) is 2.07. The smallest absolute Gasteiger partial charge is 0.253 e. The van der Waals surface area contributed by atoms with Crippen LogP contribution in [0, 0.1) is 12.8 Å². The Morgan fingerprint density at radius 3 is 2.67 bits per heavy atom. The molecule has 0 radical (unpaired) electrons. The largest absolute Gasteiger partial charge is 0.338 e. The van der Waals surface area contributed by atoms with Gasteiger partial charge in [-0.1, -0.05) is 22.9 Å². The van der Waals surface area contributed by atoms with E-state index in [0.717, 1.165) is 28.7 Å². The number of nitrogens with zero attached hydrogens (tertiary/aromatic N) is 1. The molecule has 0 aromatic heterocycles. The van der Waals surface area contributed by atoms with Gasteiger partial charge in [-0.3, -0.25) is 4.79 Å². The van der Waals surface area contributed by atoms with Gasteiger partial charge in [0.25, 0.3) is 5.91 Å². The summed E-state index contributed by atoms with van der Waals surface area (Å²) in [6.07, 6.45) is 0. The van der Waals surface area contributed by atoms with Gasteiger partial charge in [0.05, 0.1) is 0 Å². The topological polar surface area (TPSA) is 20.3 Å². The second-order valence-electron chi connectivity index (χ2n) is 4.28. The van der Waals surface area contributed by atoms with Gasteiger partial charge in [0.15, 0.2) is 0 Å². The molecule has 0 bridgehead atoms. The zero-order valence-electron chi connectivity index (χ0n) is 8.96. The van der Waals surface area contributed by atoms with Gasteiger partial charge < -0.3 is 4.90 Å². The van der Waals surface area contributed by atoms with E-state index in [1.807, 2.05) is 30.0 Å². The number of hydrogen-bond acceptors (Lipinski definition) is 1. The van der Waals surface area contributed by atoms with Crippen LogP contribution in [0.4, 0.5) is 0 Å². The highest BCUT2D eigenvalue weighted by molar-refractivity contribution is 9.10. The van der Waals surface area contributed by atoms with Crippen LogP contribution in [0.1, 0.15) is 22.8 Å². The number of carbonyl (C=O) groups is 1. The first-order chi connectivity index (χ1) is 7.08. The van der Waals surface area contributed by atoms with Gasteiger partial charge in [-0.05, 0) is 36.6 Å². The fraction of sp³-hybridized carbons (Fsp3) is 0.417. The van der Waals surface area contributed by atoms with Gasteiger partial charge in [0, 0.05) is 23.1 Å². The average molecular weight is 268 g/mol. The van der Waals surface area contributed by atoms with Gasteiger partial charge >= 0.3 is 0 Å². The van der Waals surface area contributed by atoms with E-state index in [4.69, 9.17) is 0 Å². The molecule has 80 valence electrons. The maximum Gasteiger partial charge on any atom is 0.253 e. The molecule has 1 aromatic rings. The van der Waals surface area contributed by atoms with Crippen molar-refractivity contribution in [3.05, 3.63) is 33.8 Å². The Morgan fingerprint density at radius 1 is 1.47 bits per heavy atom. The molecule has 1 heterocycles. The highest BCUT2D eigenvalue weighted by atomic mass is 79.9. The van der Waals surface area contributed by atoms with Crippen LogP contribution in [0.3, 0.4) is 0 Å². The molecule has 0 saturated carbocycles. The molecule has 2 nitrogen and oxygen atoms in total. The summed E-state index contributed by atoms with van der Waals surface area (Å²) in [5.74, 6) is 0.814. The number of likely N-dealkylation sites (tertiary alicyclic amines) is 1. The summed E-state index contributed by atoms with van der Waals surface area (Å²) >= 11 is 3.43. The van der Waals surface area contributed by atoms with Crippen molar-refractivity contribution >= 4 is 21.8 Å². The molecule has 0 spiro atoms. The summed E-state index contributed by atoms with van der Waals surface area (Å²) in [5.41, 5.74) is 1.90. The zero-order valence-corrected chi connectivity index (χ0v) is 10.5. The average Bonchev–Trinajstić information content (AvgIpc) is 2.16. The number of amides is 1. The summed E-state index contributed by atoms with van der Waals surface area (Å²) in [5, 5.41) is 0. The Labute approximate surface area is 98.4 Å². The molecule has 1 fully saturated rings. The lowest BCUT2D eigenvalue weighted by Crippen LogP contribution is -2.48. The maximum atomic E-state index is 11.9. The van der Waals surface area contributed by atoms with Crippen LogP contribution in [0.5, 0.6) is 0 Å². The Morgan fingerprint density at radius 2 is 2.13 bits per heavy atom. The standard InChI is InChI=1S/C12H14BrNO/c1-8-6-14(7-8)12(15)10-3-4-11(13)9(2)5-10/h3-5,8H,6-7H2,1-2H3. The van der Waals surface area contributed by atoms with Gasteiger partial charge in [-0.2, -0.15) is 0 Å². The molecule has 2 rings (SSSR count). The van der Waals surface area contributed by atoms with E-state index in [1.54, 1.807) is 0 Å². The van der Waals surface area contributed by atoms with E-state index in [1.165, 1.54) is 0 Å². The van der Waals surface area contributed by atoms with E-state index < -0.39 is 0 Å². The molecule has 0 unspecified atom stereocenters. The minimum Gasteiger partial charge on any atom is -0.338 e. The third-order valence-corrected chi connectivity index (χ3v) is 3.65. The van der Waals surface area contributed by atoms with E-state index >= 15 is 0 Å². The summed E-state index contributed by atoms with van der Waals surface area (Å²) in [4.78, 5) is 13.8. The van der Waals surface area contributed by atoms with Crippen molar-refractivity contribution in [2.75, 3.05) is 13.1 Å². The van der Waals surface area contributed by atoms with Crippen molar-refractivity contribution in [1.29, 1.82) is 0 Å². The van der Waals surface area contributed by atoms with Crippen molar-refractivity contribution in [3.63, 3.8) is 0 Å². The molecule has 1 saturated heterocycles. The molecule has 0 atom stereocenters. The van der Waals surface area contributed by atoms with Gasteiger partial charge in [-0.25, -0.2) is 0 Å². The van der Waals surface area contributed by atoms with Gasteiger partial charge in [0.2, 0.25) is 0 Å². The fourth-order valence-electron chi connectivity index (χ4n) is 1.83. The number of aryl methyl sites for hydroxylation is 1. The maximum absolute atomic E-state index is 11.9. The van der Waals surface area contributed by atoms with Crippen LogP contribution < -0.4 is 0 Å². The molecule has 1 aliphatic rings. The molecule has 1 aliphatic heterocycles. The molecule has 3 heteroatoms. The van der Waals surface area contributed by atoms with Crippen molar-refractivity contribution in [2.24, 2.45) is 5.92 Å². The monoisotopic (exact) mass is 267 g/mol. The van der Waals surface area contributed by atoms with Crippen LogP contribution in [-0.4, -0.2) is 23.9 Å². The minimum absolute atomic E-state index is 0.156. The van der Waals surface area contributed by atoms with E-state index in [-0.39, 0.29) is 5.91 Å². The molecule has 0 aliphatic carbocycles. The second-order valence-corrected chi connectivity index (χ2v) is 5.13. The van der Waals surface area contributed by atoms with Crippen molar-refractivity contribution in [3.8, 4) is 0 Å². The summed E-state index contributed by atoms with van der Waals surface area (Å²) in [6.45, 7) is 5.96. The van der Waals surface area contributed by atoms with Crippen molar-refractivity contribution in [2.45, 2.75) is 13.8 Å². The Hall–Kier alpha value is -0.830. The summed E-state index contributed by atoms with van der Waals surface area (Å²) < 4.78 is 1.05. The summed E-state index contributed by atoms with van der Waals surface area (Å²) in [6, 6.07) is 5.75. The third-order valence-electron chi connectivity index (χ3n) is 2.76. The SMILES string of the molecule is Cc1cc(C(=O)N2CC(C)C2)ccc1Br. The van der Waals surface area contributed by atoms with Crippen LogP contribution in [0.15, 0.2) is 22.7 Å². The van der Waals surface area contributed by atoms with E-state index in [2.05, 4.69) is 22.9 Å². The normalized spacial score (nSPS) is 16.3. The van der Waals surface area contributed by atoms with E-state index in [0.29, 0.717) is 5.92 Å². The van der Waals surface area contributed by atoms with Crippen LogP contribution in [-0.2, 0) is 0 Å². The number of benzene rings is 1. The number of rotatable bonds is 1. The first-order valence-electron chi connectivity index (χ1n) is 5.13. The highest BCUT2D eigenvalue weighted by Crippen LogP contribution is 2.21. The van der Waals surface area contributed by atoms with Crippen LogP contribution in [0.25, 0.3) is 0 Å². The first kappa shape index (κ1) is 10.7. The van der Waals surface area contributed by atoms with Crippen molar-refractivity contribution < 1.29 is 4.79 Å². The Kier molecular flexibility index (Phi) is 2.83. The Balaban J connectivity index is 2.16. The molecule has 0 N–H and O–H groups in total. The van der Waals surface area contributed by atoms with Crippen LogP contribution in [0.2, 0.25) is 0 Å². The van der Waals surface area contributed by atoms with Crippen molar-refractivity contribution in [1.82, 2.24) is 4.90 Å². The molecule has 1 amide bonds. The second kappa shape index (κ2) is 3.97. The Bertz CT molecular complexity index is 397. The molecule has 15 heavy (non-hydrogen) atoms. The molecular formula is C12H14BrNO. The molecular weight excluding hydrogens is 254 g/mol. The van der Waals surface area contributed by atoms with Gasteiger partial charge in [-0.15, -0.1) is 0 Å². The lowest BCUT2D eigenvalue weighted by Gasteiger charge is -2.37. The third kappa shape index (κ3) is 2.07. The quantitative estimate of drug-likeness (QED) is 0.767. The lowest BCUT2D eigenvalue weighted by molar-refractivity contribution is 0.0530. The minimum atomic E-state index is 0.156. The zero-order chi connectivity index (χ0) is 11.0. The first-order valence-corrected chi connectivity index (χ1v) is 5.92.